The van der Waals surface area contributed by atoms with E-state index in [1.165, 1.54) is 5.56 Å². The molecule has 0 saturated carbocycles. The van der Waals surface area contributed by atoms with E-state index in [4.69, 9.17) is 0 Å². The van der Waals surface area contributed by atoms with Crippen LogP contribution in [0.2, 0.25) is 0 Å². The Morgan fingerprint density at radius 3 is 1.76 bits per heavy atom. The van der Waals surface area contributed by atoms with Gasteiger partial charge in [-0.2, -0.15) is 0 Å². The van der Waals surface area contributed by atoms with E-state index in [0.717, 1.165) is 5.69 Å². The molecule has 0 saturated heterocycles. The van der Waals surface area contributed by atoms with E-state index < -0.39 is 7.25 Å². The first-order chi connectivity index (χ1) is 7.97. The number of rotatable bonds is 1. The predicted molar refractivity (Wildman–Crippen MR) is 58.6 cm³/mol. The average Bonchev–Trinajstić information content (AvgIpc) is 2.29. The van der Waals surface area contributed by atoms with Crippen molar-refractivity contribution in [2.45, 2.75) is 0 Å². The number of benzene rings is 1. The van der Waals surface area contributed by atoms with Crippen LogP contribution < -0.4 is 4.98 Å². The van der Waals surface area contributed by atoms with Crippen LogP contribution in [0.3, 0.4) is 0 Å². The summed E-state index contributed by atoms with van der Waals surface area (Å²) in [5, 5.41) is 0. The molecule has 6 heteroatoms. The first kappa shape index (κ1) is 13.2. The zero-order valence-electron chi connectivity index (χ0n) is 8.79. The quantitative estimate of drug-likeness (QED) is 0.537. The van der Waals surface area contributed by atoms with E-state index in [-0.39, 0.29) is 0 Å². The second kappa shape index (κ2) is 6.03. The monoisotopic (exact) mass is 243 g/mol. The Hall–Kier alpha value is -1.85. The number of hydrogen-bond donors (Lipinski definition) is 0. The molecule has 1 heterocycles. The summed E-state index contributed by atoms with van der Waals surface area (Å²) in [4.78, 5) is 3.18. The summed E-state index contributed by atoms with van der Waals surface area (Å²) >= 11 is 0. The van der Waals surface area contributed by atoms with Crippen molar-refractivity contribution < 1.29 is 22.2 Å². The third kappa shape index (κ3) is 6.34. The molecule has 0 amide bonds. The number of aromatic nitrogens is 1. The highest BCUT2D eigenvalue weighted by atomic mass is 19.5. The van der Waals surface area contributed by atoms with Crippen molar-refractivity contribution in [2.75, 3.05) is 0 Å². The van der Waals surface area contributed by atoms with Crippen LogP contribution in [0.25, 0.3) is 11.3 Å². The van der Waals surface area contributed by atoms with Crippen LogP contribution in [0.4, 0.5) is 17.3 Å². The van der Waals surface area contributed by atoms with E-state index in [1.54, 1.807) is 0 Å². The lowest BCUT2D eigenvalue weighted by Gasteiger charge is -1.94. The van der Waals surface area contributed by atoms with Crippen LogP contribution in [-0.2, 0) is 0 Å². The lowest BCUT2D eigenvalue weighted by atomic mass is 10.1. The van der Waals surface area contributed by atoms with Gasteiger partial charge in [0.05, 0.1) is 0 Å². The maximum atomic E-state index is 9.75. The van der Waals surface area contributed by atoms with Crippen LogP contribution >= 0.6 is 0 Å². The lowest BCUT2D eigenvalue weighted by Crippen LogP contribution is -2.03. The van der Waals surface area contributed by atoms with Gasteiger partial charge >= 0.3 is 7.25 Å². The maximum absolute atomic E-state index is 9.75. The van der Waals surface area contributed by atoms with Crippen molar-refractivity contribution in [1.29, 1.82) is 0 Å². The molecule has 0 spiro atoms. The highest BCUT2D eigenvalue weighted by Gasteiger charge is 2.20. The van der Waals surface area contributed by atoms with Gasteiger partial charge in [0.2, 0.25) is 5.69 Å². The summed E-state index contributed by atoms with van der Waals surface area (Å²) in [6, 6.07) is 16.3. The number of nitrogens with one attached hydrogen (secondary N) is 1. The van der Waals surface area contributed by atoms with Crippen LogP contribution in [0.5, 0.6) is 0 Å². The van der Waals surface area contributed by atoms with Gasteiger partial charge in [-0.1, -0.05) is 18.2 Å². The number of hydrogen-bond acceptors (Lipinski definition) is 0. The molecule has 0 unspecified atom stereocenters. The molecule has 2 rings (SSSR count). The Labute approximate surface area is 96.2 Å². The third-order valence-electron chi connectivity index (χ3n) is 1.79. The van der Waals surface area contributed by atoms with Crippen LogP contribution in [0.1, 0.15) is 0 Å². The van der Waals surface area contributed by atoms with Crippen LogP contribution in [0.15, 0.2) is 54.7 Å². The molecule has 17 heavy (non-hydrogen) atoms. The van der Waals surface area contributed by atoms with Gasteiger partial charge in [0.15, 0.2) is 6.20 Å². The molecule has 0 aliphatic heterocycles. The molecule has 0 radical (unpaired) electrons. The van der Waals surface area contributed by atoms with Gasteiger partial charge in [-0.05, 0) is 18.2 Å². The first-order valence-corrected chi connectivity index (χ1v) is 4.86. The zero-order chi connectivity index (χ0) is 12.7. The van der Waals surface area contributed by atoms with Gasteiger partial charge in [-0.3, -0.25) is 0 Å². The maximum Gasteiger partial charge on any atom is 0.673 e. The Morgan fingerprint density at radius 2 is 1.29 bits per heavy atom. The SMILES string of the molecule is F[B-](F)(F)F.c1ccc(-c2cccc[nH+]2)cc1. The summed E-state index contributed by atoms with van der Waals surface area (Å²) in [7, 11) is -6.00. The van der Waals surface area contributed by atoms with E-state index >= 15 is 0 Å². The summed E-state index contributed by atoms with van der Waals surface area (Å²) < 4.78 is 39.0. The van der Waals surface area contributed by atoms with Gasteiger partial charge < -0.3 is 17.3 Å². The summed E-state index contributed by atoms with van der Waals surface area (Å²) in [5.41, 5.74) is 2.37. The fourth-order valence-corrected chi connectivity index (χ4v) is 1.19. The second-order valence-corrected chi connectivity index (χ2v) is 3.14. The first-order valence-electron chi connectivity index (χ1n) is 4.86. The minimum absolute atomic E-state index is 1.15. The smallest absolute Gasteiger partial charge is 0.418 e. The van der Waals surface area contributed by atoms with Crippen molar-refractivity contribution in [2.24, 2.45) is 0 Å². The van der Waals surface area contributed by atoms with Crippen molar-refractivity contribution in [3.63, 3.8) is 0 Å². The Morgan fingerprint density at radius 1 is 0.765 bits per heavy atom. The molecule has 1 nitrogen and oxygen atoms in total. The van der Waals surface area contributed by atoms with Gasteiger partial charge in [0.1, 0.15) is 0 Å². The normalized spacial score (nSPS) is 10.4. The Bertz CT molecular complexity index is 387. The van der Waals surface area contributed by atoms with Crippen molar-refractivity contribution in [3.05, 3.63) is 54.7 Å². The fourth-order valence-electron chi connectivity index (χ4n) is 1.19. The molecule has 0 atom stereocenters. The molecule has 1 aromatic carbocycles. The summed E-state index contributed by atoms with van der Waals surface area (Å²) in [5.74, 6) is 0. The van der Waals surface area contributed by atoms with Gasteiger partial charge in [-0.15, -0.1) is 0 Å². The van der Waals surface area contributed by atoms with Crippen molar-refractivity contribution in [1.82, 2.24) is 0 Å². The van der Waals surface area contributed by atoms with Gasteiger partial charge in [0, 0.05) is 17.7 Å². The number of pyridine rings is 1. The molecule has 1 aromatic heterocycles. The third-order valence-corrected chi connectivity index (χ3v) is 1.79. The van der Waals surface area contributed by atoms with E-state index in [1.807, 2.05) is 36.5 Å². The minimum atomic E-state index is -6.00. The topological polar surface area (TPSA) is 14.1 Å². The highest BCUT2D eigenvalue weighted by molar-refractivity contribution is 6.50. The van der Waals surface area contributed by atoms with Crippen LogP contribution in [-0.4, -0.2) is 7.25 Å². The number of aromatic amines is 1. The fraction of sp³-hybridized carbons (Fsp3) is 0. The van der Waals surface area contributed by atoms with Crippen molar-refractivity contribution in [3.8, 4) is 11.3 Å². The second-order valence-electron chi connectivity index (χ2n) is 3.14. The van der Waals surface area contributed by atoms with E-state index in [0.29, 0.717) is 0 Å². The Balaban J connectivity index is 0.000000249. The average molecular weight is 243 g/mol. The summed E-state index contributed by atoms with van der Waals surface area (Å²) in [6.07, 6.45) is 1.93. The molecular formula is C11H10BF4N. The molecule has 90 valence electrons. The molecule has 0 aliphatic rings. The molecule has 2 aromatic rings. The molecule has 0 bridgehead atoms. The standard InChI is InChI=1S/C11H9N.BF4/c1-2-6-10(7-3-1)11-8-4-5-9-12-11;2-1(3,4)5/h1-9H;/q;-1/p+1. The van der Waals surface area contributed by atoms with E-state index in [9.17, 15) is 17.3 Å². The molecule has 1 N–H and O–H groups in total. The lowest BCUT2D eigenvalue weighted by molar-refractivity contribution is -0.364. The number of halogens is 4. The summed E-state index contributed by atoms with van der Waals surface area (Å²) in [6.45, 7) is 0. The van der Waals surface area contributed by atoms with Gasteiger partial charge in [-0.25, -0.2) is 4.98 Å². The van der Waals surface area contributed by atoms with E-state index in [2.05, 4.69) is 23.2 Å². The number of H-pyrrole nitrogens is 1. The minimum Gasteiger partial charge on any atom is -0.418 e. The van der Waals surface area contributed by atoms with Crippen LogP contribution in [0, 0.1) is 0 Å². The molecular weight excluding hydrogens is 233 g/mol. The Kier molecular flexibility index (Phi) is 4.69. The largest absolute Gasteiger partial charge is 0.673 e. The van der Waals surface area contributed by atoms with Gasteiger partial charge in [0.25, 0.3) is 0 Å². The highest BCUT2D eigenvalue weighted by Crippen LogP contribution is 2.11. The molecule has 0 fully saturated rings. The van der Waals surface area contributed by atoms with Crippen molar-refractivity contribution >= 4 is 7.25 Å². The zero-order valence-corrected chi connectivity index (χ0v) is 8.79. The predicted octanol–water partition coefficient (Wildman–Crippen LogP) is 3.47. The molecule has 0 aliphatic carbocycles.